The quantitative estimate of drug-likeness (QED) is 0.786. The summed E-state index contributed by atoms with van der Waals surface area (Å²) in [6.45, 7) is 3.21. The largest absolute Gasteiger partial charge is 0.381 e. The van der Waals surface area contributed by atoms with Crippen LogP contribution in [0.25, 0.3) is 0 Å². The van der Waals surface area contributed by atoms with E-state index in [2.05, 4.69) is 6.07 Å². The Kier molecular flexibility index (Phi) is 3.44. The number of nitrogens with zero attached hydrogens (tertiary/aromatic N) is 1. The Morgan fingerprint density at radius 2 is 2.12 bits per heavy atom. The van der Waals surface area contributed by atoms with Gasteiger partial charge in [-0.2, -0.15) is 5.26 Å². The first-order valence-corrected chi connectivity index (χ1v) is 5.89. The van der Waals surface area contributed by atoms with Gasteiger partial charge in [0.05, 0.1) is 11.5 Å². The number of hydrogen-bond acceptors (Lipinski definition) is 2. The molecule has 2 rings (SSSR count). The standard InChI is InChI=1S/C14H16FNO/c1-11-2-3-13(15)8-12(11)9-14(10-16)4-6-17-7-5-14/h2-3,8H,4-7,9H2,1H3. The van der Waals surface area contributed by atoms with Crippen molar-refractivity contribution in [2.24, 2.45) is 5.41 Å². The van der Waals surface area contributed by atoms with E-state index in [1.54, 1.807) is 12.1 Å². The minimum absolute atomic E-state index is 0.231. The van der Waals surface area contributed by atoms with E-state index in [9.17, 15) is 9.65 Å². The van der Waals surface area contributed by atoms with Crippen molar-refractivity contribution in [1.82, 2.24) is 0 Å². The lowest BCUT2D eigenvalue weighted by Crippen LogP contribution is -2.30. The molecule has 1 saturated heterocycles. The van der Waals surface area contributed by atoms with Gasteiger partial charge in [0.2, 0.25) is 0 Å². The molecule has 90 valence electrons. The monoisotopic (exact) mass is 233 g/mol. The highest BCUT2D eigenvalue weighted by molar-refractivity contribution is 5.29. The molecule has 0 N–H and O–H groups in total. The SMILES string of the molecule is Cc1ccc(F)cc1CC1(C#N)CCOCC1. The highest BCUT2D eigenvalue weighted by Crippen LogP contribution is 2.34. The van der Waals surface area contributed by atoms with Gasteiger partial charge in [0.25, 0.3) is 0 Å². The van der Waals surface area contributed by atoms with Gasteiger partial charge in [-0.05, 0) is 49.4 Å². The number of nitriles is 1. The second kappa shape index (κ2) is 4.85. The van der Waals surface area contributed by atoms with Gasteiger partial charge in [-0.25, -0.2) is 4.39 Å². The zero-order valence-corrected chi connectivity index (χ0v) is 10.0. The topological polar surface area (TPSA) is 33.0 Å². The molecular formula is C14H16FNO. The second-order valence-electron chi connectivity index (χ2n) is 4.75. The number of rotatable bonds is 2. The molecule has 1 aromatic carbocycles. The molecule has 0 atom stereocenters. The van der Waals surface area contributed by atoms with Gasteiger partial charge in [-0.15, -0.1) is 0 Å². The van der Waals surface area contributed by atoms with Crippen LogP contribution in [0.3, 0.4) is 0 Å². The lowest BCUT2D eigenvalue weighted by atomic mass is 9.76. The third-order valence-electron chi connectivity index (χ3n) is 3.53. The van der Waals surface area contributed by atoms with E-state index in [1.165, 1.54) is 6.07 Å². The summed E-state index contributed by atoms with van der Waals surface area (Å²) in [5, 5.41) is 9.36. The highest BCUT2D eigenvalue weighted by Gasteiger charge is 2.33. The van der Waals surface area contributed by atoms with Crippen LogP contribution in [-0.2, 0) is 11.2 Å². The molecule has 3 heteroatoms. The van der Waals surface area contributed by atoms with Crippen LogP contribution in [0.4, 0.5) is 4.39 Å². The average molecular weight is 233 g/mol. The Hall–Kier alpha value is -1.40. The number of benzene rings is 1. The molecule has 17 heavy (non-hydrogen) atoms. The predicted octanol–water partition coefficient (Wildman–Crippen LogP) is 3.00. The normalized spacial score (nSPS) is 18.6. The van der Waals surface area contributed by atoms with Crippen molar-refractivity contribution in [3.8, 4) is 6.07 Å². The van der Waals surface area contributed by atoms with E-state index in [-0.39, 0.29) is 11.2 Å². The maximum absolute atomic E-state index is 13.2. The van der Waals surface area contributed by atoms with Crippen LogP contribution < -0.4 is 0 Å². The van der Waals surface area contributed by atoms with Crippen molar-refractivity contribution in [1.29, 1.82) is 5.26 Å². The number of halogens is 1. The molecule has 0 amide bonds. The minimum atomic E-state index is -0.378. The fourth-order valence-corrected chi connectivity index (χ4v) is 2.29. The van der Waals surface area contributed by atoms with Crippen LogP contribution in [0.5, 0.6) is 0 Å². The molecule has 0 spiro atoms. The predicted molar refractivity (Wildman–Crippen MR) is 62.9 cm³/mol. The second-order valence-corrected chi connectivity index (χ2v) is 4.75. The Labute approximate surface area is 101 Å². The zero-order valence-electron chi connectivity index (χ0n) is 10.0. The van der Waals surface area contributed by atoms with Gasteiger partial charge in [0.15, 0.2) is 0 Å². The van der Waals surface area contributed by atoms with Gasteiger partial charge >= 0.3 is 0 Å². The Morgan fingerprint density at radius 1 is 1.41 bits per heavy atom. The van der Waals surface area contributed by atoms with E-state index >= 15 is 0 Å². The molecule has 1 fully saturated rings. The molecule has 1 aromatic rings. The van der Waals surface area contributed by atoms with Crippen molar-refractivity contribution in [3.05, 3.63) is 35.1 Å². The first kappa shape index (κ1) is 12.1. The molecule has 0 unspecified atom stereocenters. The zero-order chi connectivity index (χ0) is 12.3. The number of ether oxygens (including phenoxy) is 1. The van der Waals surface area contributed by atoms with Gasteiger partial charge < -0.3 is 4.74 Å². The molecule has 0 aliphatic carbocycles. The van der Waals surface area contributed by atoms with Crippen molar-refractivity contribution in [2.75, 3.05) is 13.2 Å². The Bertz CT molecular complexity index is 444. The molecule has 0 aromatic heterocycles. The fourth-order valence-electron chi connectivity index (χ4n) is 2.29. The van der Waals surface area contributed by atoms with Crippen LogP contribution in [0.2, 0.25) is 0 Å². The van der Waals surface area contributed by atoms with Crippen molar-refractivity contribution >= 4 is 0 Å². The summed E-state index contributed by atoms with van der Waals surface area (Å²) in [4.78, 5) is 0. The molecule has 2 nitrogen and oxygen atoms in total. The average Bonchev–Trinajstić information content (AvgIpc) is 2.35. The van der Waals surface area contributed by atoms with Gasteiger partial charge in [0, 0.05) is 13.2 Å². The van der Waals surface area contributed by atoms with Gasteiger partial charge in [-0.3, -0.25) is 0 Å². The lowest BCUT2D eigenvalue weighted by Gasteiger charge is -2.31. The first-order chi connectivity index (χ1) is 8.15. The van der Waals surface area contributed by atoms with Crippen molar-refractivity contribution in [3.63, 3.8) is 0 Å². The first-order valence-electron chi connectivity index (χ1n) is 5.89. The van der Waals surface area contributed by atoms with Crippen molar-refractivity contribution < 1.29 is 9.13 Å². The maximum Gasteiger partial charge on any atom is 0.123 e. The summed E-state index contributed by atoms with van der Waals surface area (Å²) in [6.07, 6.45) is 2.09. The lowest BCUT2D eigenvalue weighted by molar-refractivity contribution is 0.0405. The van der Waals surface area contributed by atoms with E-state index in [0.29, 0.717) is 19.6 Å². The third kappa shape index (κ3) is 2.65. The fraction of sp³-hybridized carbons (Fsp3) is 0.500. The molecular weight excluding hydrogens is 217 g/mol. The van der Waals surface area contributed by atoms with Gasteiger partial charge in [-0.1, -0.05) is 6.07 Å². The maximum atomic E-state index is 13.2. The summed E-state index contributed by atoms with van der Waals surface area (Å²) < 4.78 is 18.5. The van der Waals surface area contributed by atoms with Crippen molar-refractivity contribution in [2.45, 2.75) is 26.2 Å². The van der Waals surface area contributed by atoms with Crippen LogP contribution in [0, 0.1) is 29.5 Å². The van der Waals surface area contributed by atoms with E-state index in [0.717, 1.165) is 24.0 Å². The molecule has 0 saturated carbocycles. The van der Waals surface area contributed by atoms with Gasteiger partial charge in [0.1, 0.15) is 5.82 Å². The number of aryl methyl sites for hydroxylation is 1. The van der Waals surface area contributed by atoms with E-state index < -0.39 is 0 Å². The summed E-state index contributed by atoms with van der Waals surface area (Å²) in [7, 11) is 0. The van der Waals surface area contributed by atoms with Crippen LogP contribution in [-0.4, -0.2) is 13.2 Å². The summed E-state index contributed by atoms with van der Waals surface area (Å²) >= 11 is 0. The molecule has 1 aliphatic rings. The Morgan fingerprint density at radius 3 is 2.76 bits per heavy atom. The molecule has 0 radical (unpaired) electrons. The van der Waals surface area contributed by atoms with E-state index in [4.69, 9.17) is 4.74 Å². The smallest absolute Gasteiger partial charge is 0.123 e. The summed E-state index contributed by atoms with van der Waals surface area (Å²) in [6, 6.07) is 7.19. The molecule has 1 heterocycles. The minimum Gasteiger partial charge on any atom is -0.381 e. The van der Waals surface area contributed by atoms with Crippen LogP contribution >= 0.6 is 0 Å². The van der Waals surface area contributed by atoms with E-state index in [1.807, 2.05) is 6.92 Å². The third-order valence-corrected chi connectivity index (χ3v) is 3.53. The summed E-state index contributed by atoms with van der Waals surface area (Å²) in [5.41, 5.74) is 1.61. The number of hydrogen-bond donors (Lipinski definition) is 0. The summed E-state index contributed by atoms with van der Waals surface area (Å²) in [5.74, 6) is -0.231. The van der Waals surface area contributed by atoms with Crippen LogP contribution in [0.15, 0.2) is 18.2 Å². The van der Waals surface area contributed by atoms with Crippen LogP contribution in [0.1, 0.15) is 24.0 Å². The Balaban J connectivity index is 2.23. The highest BCUT2D eigenvalue weighted by atomic mass is 19.1. The molecule has 1 aliphatic heterocycles. The molecule has 0 bridgehead atoms.